The predicted octanol–water partition coefficient (Wildman–Crippen LogP) is 3.33. The number of nitrogens with one attached hydrogen (secondary N) is 1. The maximum absolute atomic E-state index is 12.0. The van der Waals surface area contributed by atoms with Gasteiger partial charge in [-0.25, -0.2) is 4.79 Å². The molecule has 0 aromatic carbocycles. The number of aliphatic hydroxyl groups is 1. The average molecular weight is 420 g/mol. The molecule has 0 spiro atoms. The molecule has 0 aromatic rings. The van der Waals surface area contributed by atoms with Crippen LogP contribution in [0.2, 0.25) is 0 Å². The molecule has 1 unspecified atom stereocenters. The summed E-state index contributed by atoms with van der Waals surface area (Å²) in [6.45, 7) is 7.00. The van der Waals surface area contributed by atoms with Gasteiger partial charge in [0.1, 0.15) is 6.10 Å². The van der Waals surface area contributed by atoms with Crippen LogP contribution in [0.25, 0.3) is 0 Å². The fourth-order valence-electron chi connectivity index (χ4n) is 3.30. The van der Waals surface area contributed by atoms with Crippen molar-refractivity contribution < 1.29 is 33.6 Å². The van der Waals surface area contributed by atoms with Crippen LogP contribution in [0.15, 0.2) is 0 Å². The highest BCUT2D eigenvalue weighted by Gasteiger charge is 2.43. The van der Waals surface area contributed by atoms with Gasteiger partial charge in [-0.1, -0.05) is 47.0 Å². The summed E-state index contributed by atoms with van der Waals surface area (Å²) >= 11 is 0. The van der Waals surface area contributed by atoms with Crippen molar-refractivity contribution in [1.29, 1.82) is 0 Å². The Hall–Kier alpha value is -1.24. The highest BCUT2D eigenvalue weighted by Crippen LogP contribution is 2.40. The van der Waals surface area contributed by atoms with Gasteiger partial charge in [0.2, 0.25) is 5.66 Å². The van der Waals surface area contributed by atoms with Crippen LogP contribution in [0.3, 0.4) is 0 Å². The molecule has 0 saturated heterocycles. The molecule has 162 valence electrons. The van der Waals surface area contributed by atoms with Crippen molar-refractivity contribution in [2.45, 2.75) is 84.3 Å². The van der Waals surface area contributed by atoms with E-state index in [0.717, 1.165) is 32.1 Å². The molecule has 0 bridgehead atoms. The third-order valence-corrected chi connectivity index (χ3v) is 6.24. The van der Waals surface area contributed by atoms with Crippen molar-refractivity contribution in [1.82, 2.24) is 5.32 Å². The van der Waals surface area contributed by atoms with Gasteiger partial charge in [-0.05, 0) is 23.8 Å². The topological polar surface area (TPSA) is 122 Å². The first-order valence-electron chi connectivity index (χ1n) is 10.1. The minimum absolute atomic E-state index is 0.0325. The molecule has 1 rings (SSSR count). The molecule has 1 fully saturated rings. The highest BCUT2D eigenvalue weighted by molar-refractivity contribution is 7.39. The molecular formula is C19H35NO7P+. The lowest BCUT2D eigenvalue weighted by atomic mass is 9.84. The Morgan fingerprint density at radius 1 is 1.11 bits per heavy atom. The van der Waals surface area contributed by atoms with Crippen molar-refractivity contribution in [2.75, 3.05) is 6.54 Å². The van der Waals surface area contributed by atoms with E-state index in [1.54, 1.807) is 27.7 Å². The van der Waals surface area contributed by atoms with Gasteiger partial charge in [0.25, 0.3) is 6.29 Å². The number of carbonyl (C=O) groups excluding carboxylic acids is 2. The fourth-order valence-corrected chi connectivity index (χ4v) is 4.41. The standard InChI is InChI=1S/C19H34NO7P/c1-12(2)17(22)26-18(13(3)4)27-19(23)20-11-10-15(21)16(28(24)25)14-8-6-5-7-9-14/h12-16,18,21H,5-11H2,1-4H3,(H-,20,23,24,25)/p+1/t15-,16-,18-/m1/s1. The molecule has 8 nitrogen and oxygen atoms in total. The third-order valence-electron chi connectivity index (χ3n) is 4.96. The Labute approximate surface area is 168 Å². The second-order valence-corrected chi connectivity index (χ2v) is 9.28. The van der Waals surface area contributed by atoms with Crippen LogP contribution < -0.4 is 5.32 Å². The second-order valence-electron chi connectivity index (χ2n) is 8.08. The van der Waals surface area contributed by atoms with Crippen LogP contribution in [0.5, 0.6) is 0 Å². The number of carbonyl (C=O) groups is 2. The van der Waals surface area contributed by atoms with Crippen LogP contribution in [0, 0.1) is 17.8 Å². The summed E-state index contributed by atoms with van der Waals surface area (Å²) in [6, 6.07) is 0. The molecule has 1 amide bonds. The lowest BCUT2D eigenvalue weighted by molar-refractivity contribution is -0.178. The van der Waals surface area contributed by atoms with Crippen molar-refractivity contribution in [3.63, 3.8) is 0 Å². The molecule has 1 aliphatic rings. The van der Waals surface area contributed by atoms with Crippen molar-refractivity contribution in [3.05, 3.63) is 0 Å². The van der Waals surface area contributed by atoms with E-state index in [1.165, 1.54) is 0 Å². The van der Waals surface area contributed by atoms with Gasteiger partial charge < -0.3 is 19.9 Å². The molecule has 1 saturated carbocycles. The number of esters is 1. The summed E-state index contributed by atoms with van der Waals surface area (Å²) in [7, 11) is -2.50. The number of rotatable bonds is 10. The minimum atomic E-state index is -2.50. The van der Waals surface area contributed by atoms with Gasteiger partial charge in [0.15, 0.2) is 0 Å². The summed E-state index contributed by atoms with van der Waals surface area (Å²) in [5.41, 5.74) is -0.677. The van der Waals surface area contributed by atoms with E-state index in [0.29, 0.717) is 0 Å². The number of aliphatic hydroxyl groups excluding tert-OH is 1. The van der Waals surface area contributed by atoms with Crippen LogP contribution in [-0.2, 0) is 18.8 Å². The molecule has 1 aliphatic carbocycles. The predicted molar refractivity (Wildman–Crippen MR) is 105 cm³/mol. The Kier molecular flexibility index (Phi) is 10.9. The lowest BCUT2D eigenvalue weighted by Gasteiger charge is -2.26. The van der Waals surface area contributed by atoms with Gasteiger partial charge >= 0.3 is 20.1 Å². The summed E-state index contributed by atoms with van der Waals surface area (Å²) in [6.07, 6.45) is 2.24. The number of hydrogen-bond acceptors (Lipinski definition) is 6. The van der Waals surface area contributed by atoms with E-state index >= 15 is 0 Å². The SMILES string of the molecule is CC(C)C(=O)O[C@H](OC(=O)NCC[C@@H](O)[C@@H](C1CCCCC1)[P+](=O)O)C(C)C. The van der Waals surface area contributed by atoms with E-state index in [1.807, 2.05) is 0 Å². The van der Waals surface area contributed by atoms with Crippen LogP contribution >= 0.6 is 8.03 Å². The minimum Gasteiger partial charge on any atom is -0.425 e. The molecule has 9 heteroatoms. The molecule has 28 heavy (non-hydrogen) atoms. The van der Waals surface area contributed by atoms with E-state index in [-0.39, 0.29) is 30.7 Å². The molecule has 3 N–H and O–H groups in total. The quantitative estimate of drug-likeness (QED) is 0.281. The van der Waals surface area contributed by atoms with Gasteiger partial charge in [0, 0.05) is 18.4 Å². The van der Waals surface area contributed by atoms with E-state index < -0.39 is 38.1 Å². The van der Waals surface area contributed by atoms with E-state index in [4.69, 9.17) is 9.47 Å². The van der Waals surface area contributed by atoms with Gasteiger partial charge in [-0.15, -0.1) is 0 Å². The number of hydrogen-bond donors (Lipinski definition) is 3. The zero-order valence-electron chi connectivity index (χ0n) is 17.3. The molecular weight excluding hydrogens is 385 g/mol. The van der Waals surface area contributed by atoms with Crippen molar-refractivity contribution in [2.24, 2.45) is 17.8 Å². The summed E-state index contributed by atoms with van der Waals surface area (Å²) < 4.78 is 22.1. The van der Waals surface area contributed by atoms with Crippen molar-refractivity contribution >= 4 is 20.1 Å². The average Bonchev–Trinajstić information content (AvgIpc) is 2.61. The van der Waals surface area contributed by atoms with E-state index in [2.05, 4.69) is 5.32 Å². The summed E-state index contributed by atoms with van der Waals surface area (Å²) in [4.78, 5) is 33.3. The fraction of sp³-hybridized carbons (Fsp3) is 0.895. The first-order chi connectivity index (χ1) is 13.1. The maximum Gasteiger partial charge on any atom is 0.511 e. The zero-order chi connectivity index (χ0) is 21.3. The Morgan fingerprint density at radius 2 is 1.71 bits per heavy atom. The first-order valence-corrected chi connectivity index (χ1v) is 11.4. The molecule has 0 heterocycles. The number of amides is 1. The molecule has 4 atom stereocenters. The summed E-state index contributed by atoms with van der Waals surface area (Å²) in [5, 5.41) is 12.9. The maximum atomic E-state index is 12.0. The Morgan fingerprint density at radius 3 is 2.21 bits per heavy atom. The Bertz CT molecular complexity index is 520. The normalized spacial score (nSPS) is 19.1. The Balaban J connectivity index is 2.47. The van der Waals surface area contributed by atoms with Crippen LogP contribution in [-0.4, -0.2) is 46.7 Å². The second kappa shape index (κ2) is 12.3. The summed E-state index contributed by atoms with van der Waals surface area (Å²) in [5.74, 6) is -0.970. The van der Waals surface area contributed by atoms with Crippen LogP contribution in [0.4, 0.5) is 4.79 Å². The molecule has 0 aliphatic heterocycles. The van der Waals surface area contributed by atoms with E-state index in [9.17, 15) is 24.2 Å². The van der Waals surface area contributed by atoms with Crippen LogP contribution in [0.1, 0.15) is 66.2 Å². The monoisotopic (exact) mass is 420 g/mol. The smallest absolute Gasteiger partial charge is 0.425 e. The van der Waals surface area contributed by atoms with Gasteiger partial charge in [-0.3, -0.25) is 4.79 Å². The van der Waals surface area contributed by atoms with Gasteiger partial charge in [0.05, 0.1) is 5.92 Å². The first kappa shape index (κ1) is 24.8. The number of alkyl carbamates (subject to hydrolysis) is 1. The highest BCUT2D eigenvalue weighted by atomic mass is 31.1. The molecule has 0 radical (unpaired) electrons. The van der Waals surface area contributed by atoms with Gasteiger partial charge in [-0.2, -0.15) is 4.89 Å². The lowest BCUT2D eigenvalue weighted by Crippen LogP contribution is -2.38. The largest absolute Gasteiger partial charge is 0.511 e. The third kappa shape index (κ3) is 8.41. The zero-order valence-corrected chi connectivity index (χ0v) is 18.2. The molecule has 0 aromatic heterocycles. The van der Waals surface area contributed by atoms with Crippen molar-refractivity contribution in [3.8, 4) is 0 Å². The number of ether oxygens (including phenoxy) is 2.